The number of carbonyl (C=O) groups is 1. The number of imidazole rings is 1. The Morgan fingerprint density at radius 1 is 1.38 bits per heavy atom. The van der Waals surface area contributed by atoms with Gasteiger partial charge in [0.15, 0.2) is 5.65 Å². The van der Waals surface area contributed by atoms with Crippen molar-refractivity contribution in [3.8, 4) is 0 Å². The van der Waals surface area contributed by atoms with Gasteiger partial charge in [-0.2, -0.15) is 0 Å². The third-order valence-electron chi connectivity index (χ3n) is 4.61. The second-order valence-electron chi connectivity index (χ2n) is 6.19. The lowest BCUT2D eigenvalue weighted by Crippen LogP contribution is -2.39. The predicted molar refractivity (Wildman–Crippen MR) is 88.2 cm³/mol. The monoisotopic (exact) mass is 324 g/mol. The summed E-state index contributed by atoms with van der Waals surface area (Å²) in [5.74, 6) is 0.466. The fraction of sp³-hybridized carbons (Fsp3) is 0.278. The first-order chi connectivity index (χ1) is 11.5. The second-order valence-corrected chi connectivity index (χ2v) is 6.19. The lowest BCUT2D eigenvalue weighted by molar-refractivity contribution is 0.0677. The molecule has 0 fully saturated rings. The minimum atomic E-state index is -0.231. The number of pyridine rings is 1. The predicted octanol–water partition coefficient (Wildman–Crippen LogP) is 3.16. The van der Waals surface area contributed by atoms with E-state index >= 15 is 0 Å². The molecule has 3 heterocycles. The Hall–Kier alpha value is -2.76. The van der Waals surface area contributed by atoms with Crippen LogP contribution in [0.2, 0.25) is 0 Å². The van der Waals surface area contributed by atoms with E-state index in [1.165, 1.54) is 6.07 Å². The van der Waals surface area contributed by atoms with E-state index in [2.05, 4.69) is 15.0 Å². The summed E-state index contributed by atoms with van der Waals surface area (Å²) < 4.78 is 13.4. The molecule has 3 aromatic rings. The molecule has 1 aromatic carbocycles. The molecule has 1 amide bonds. The number of amides is 1. The highest BCUT2D eigenvalue weighted by Gasteiger charge is 2.28. The lowest BCUT2D eigenvalue weighted by Gasteiger charge is -2.35. The molecule has 6 heteroatoms. The van der Waals surface area contributed by atoms with Crippen molar-refractivity contribution in [1.82, 2.24) is 19.9 Å². The van der Waals surface area contributed by atoms with E-state index in [0.29, 0.717) is 24.2 Å². The van der Waals surface area contributed by atoms with Crippen LogP contribution in [-0.4, -0.2) is 32.3 Å². The molecular weight excluding hydrogens is 307 g/mol. The molecule has 1 N–H and O–H groups in total. The van der Waals surface area contributed by atoms with Crippen LogP contribution in [0.1, 0.15) is 40.3 Å². The van der Waals surface area contributed by atoms with E-state index in [1.54, 1.807) is 24.4 Å². The van der Waals surface area contributed by atoms with E-state index in [-0.39, 0.29) is 17.8 Å². The van der Waals surface area contributed by atoms with Crippen molar-refractivity contribution in [2.75, 3.05) is 6.54 Å². The van der Waals surface area contributed by atoms with Crippen molar-refractivity contribution in [3.63, 3.8) is 0 Å². The highest BCUT2D eigenvalue weighted by atomic mass is 19.1. The number of nitrogens with one attached hydrogen (secondary N) is 1. The third kappa shape index (κ3) is 2.35. The Morgan fingerprint density at radius 2 is 2.21 bits per heavy atom. The van der Waals surface area contributed by atoms with Gasteiger partial charge in [-0.1, -0.05) is 6.07 Å². The molecule has 0 bridgehead atoms. The summed E-state index contributed by atoms with van der Waals surface area (Å²) >= 11 is 0. The zero-order valence-electron chi connectivity index (χ0n) is 13.5. The Labute approximate surface area is 138 Å². The van der Waals surface area contributed by atoms with E-state index < -0.39 is 0 Å². The van der Waals surface area contributed by atoms with E-state index in [9.17, 15) is 9.18 Å². The zero-order valence-corrected chi connectivity index (χ0v) is 13.5. The molecule has 1 atom stereocenters. The lowest BCUT2D eigenvalue weighted by atomic mass is 9.93. The van der Waals surface area contributed by atoms with Crippen molar-refractivity contribution in [2.45, 2.75) is 26.3 Å². The molecule has 1 aliphatic heterocycles. The van der Waals surface area contributed by atoms with Crippen LogP contribution < -0.4 is 0 Å². The zero-order chi connectivity index (χ0) is 16.8. The van der Waals surface area contributed by atoms with Crippen LogP contribution >= 0.6 is 0 Å². The van der Waals surface area contributed by atoms with Crippen LogP contribution in [0.15, 0.2) is 30.5 Å². The van der Waals surface area contributed by atoms with Crippen LogP contribution in [-0.2, 0) is 6.42 Å². The molecular formula is C18H17FN4O. The Morgan fingerprint density at radius 3 is 3.04 bits per heavy atom. The number of benzene rings is 1. The van der Waals surface area contributed by atoms with Gasteiger partial charge in [0, 0.05) is 12.7 Å². The number of H-pyrrole nitrogens is 1. The SMILES string of the molecule is Cc1nc2ncc(C(=O)N3CCc4cc(F)ccc4C3C)cc2[nH]1. The molecule has 0 saturated heterocycles. The number of aromatic nitrogens is 3. The summed E-state index contributed by atoms with van der Waals surface area (Å²) in [5, 5.41) is 0. The number of halogens is 1. The van der Waals surface area contributed by atoms with E-state index in [4.69, 9.17) is 0 Å². The van der Waals surface area contributed by atoms with Gasteiger partial charge in [-0.25, -0.2) is 14.4 Å². The molecule has 5 nitrogen and oxygen atoms in total. The van der Waals surface area contributed by atoms with E-state index in [1.807, 2.05) is 18.7 Å². The molecule has 122 valence electrons. The molecule has 0 radical (unpaired) electrons. The summed E-state index contributed by atoms with van der Waals surface area (Å²) in [4.78, 5) is 26.3. The average molecular weight is 324 g/mol. The van der Waals surface area contributed by atoms with Crippen molar-refractivity contribution < 1.29 is 9.18 Å². The van der Waals surface area contributed by atoms with Gasteiger partial charge in [0.2, 0.25) is 0 Å². The number of nitrogens with zero attached hydrogens (tertiary/aromatic N) is 3. The standard InChI is InChI=1S/C18H17FN4O/c1-10-15-4-3-14(19)7-12(15)5-6-23(10)18(24)13-8-16-17(20-9-13)22-11(2)21-16/h3-4,7-10H,5-6H2,1-2H3,(H,20,21,22). The Bertz CT molecular complexity index is 949. The fourth-order valence-electron chi connectivity index (χ4n) is 3.38. The number of hydrogen-bond acceptors (Lipinski definition) is 3. The van der Waals surface area contributed by atoms with Gasteiger partial charge < -0.3 is 9.88 Å². The van der Waals surface area contributed by atoms with Gasteiger partial charge in [0.05, 0.1) is 17.1 Å². The maximum Gasteiger partial charge on any atom is 0.256 e. The highest BCUT2D eigenvalue weighted by Crippen LogP contribution is 2.31. The minimum absolute atomic E-state index is 0.0703. The maximum absolute atomic E-state index is 13.4. The largest absolute Gasteiger partial charge is 0.341 e. The van der Waals surface area contributed by atoms with Crippen molar-refractivity contribution >= 4 is 17.1 Å². The number of aryl methyl sites for hydroxylation is 1. The number of fused-ring (bicyclic) bond motifs is 2. The summed E-state index contributed by atoms with van der Waals surface area (Å²) in [5.41, 5.74) is 3.87. The first-order valence-corrected chi connectivity index (χ1v) is 7.94. The first kappa shape index (κ1) is 14.8. The third-order valence-corrected chi connectivity index (χ3v) is 4.61. The minimum Gasteiger partial charge on any atom is -0.341 e. The fourth-order valence-corrected chi connectivity index (χ4v) is 3.38. The molecule has 0 saturated carbocycles. The van der Waals surface area contributed by atoms with E-state index in [0.717, 1.165) is 22.5 Å². The van der Waals surface area contributed by atoms with Crippen LogP contribution in [0.25, 0.3) is 11.2 Å². The van der Waals surface area contributed by atoms with Crippen LogP contribution in [0.4, 0.5) is 4.39 Å². The number of hydrogen-bond donors (Lipinski definition) is 1. The molecule has 0 spiro atoms. The van der Waals surface area contributed by atoms with Gasteiger partial charge in [-0.3, -0.25) is 4.79 Å². The normalized spacial score (nSPS) is 17.1. The van der Waals surface area contributed by atoms with Gasteiger partial charge in [-0.15, -0.1) is 0 Å². The topological polar surface area (TPSA) is 61.9 Å². The summed E-state index contributed by atoms with van der Waals surface area (Å²) in [7, 11) is 0. The smallest absolute Gasteiger partial charge is 0.256 e. The Kier molecular flexibility index (Phi) is 3.33. The molecule has 24 heavy (non-hydrogen) atoms. The summed E-state index contributed by atoms with van der Waals surface area (Å²) in [6.45, 7) is 4.39. The second kappa shape index (κ2) is 5.40. The van der Waals surface area contributed by atoms with Crippen molar-refractivity contribution in [1.29, 1.82) is 0 Å². The van der Waals surface area contributed by atoms with Gasteiger partial charge in [0.1, 0.15) is 11.6 Å². The van der Waals surface area contributed by atoms with Crippen LogP contribution in [0, 0.1) is 12.7 Å². The summed E-state index contributed by atoms with van der Waals surface area (Å²) in [6.07, 6.45) is 2.22. The average Bonchev–Trinajstić information content (AvgIpc) is 2.93. The molecule has 0 aliphatic carbocycles. The maximum atomic E-state index is 13.4. The van der Waals surface area contributed by atoms with Gasteiger partial charge in [0.25, 0.3) is 5.91 Å². The molecule has 4 rings (SSSR count). The van der Waals surface area contributed by atoms with Crippen LogP contribution in [0.3, 0.4) is 0 Å². The van der Waals surface area contributed by atoms with Gasteiger partial charge in [-0.05, 0) is 49.6 Å². The highest BCUT2D eigenvalue weighted by molar-refractivity contribution is 5.96. The number of rotatable bonds is 1. The summed E-state index contributed by atoms with van der Waals surface area (Å²) in [6, 6.07) is 6.48. The first-order valence-electron chi connectivity index (χ1n) is 7.94. The number of aromatic amines is 1. The molecule has 1 aliphatic rings. The molecule has 2 aromatic heterocycles. The van der Waals surface area contributed by atoms with Crippen LogP contribution in [0.5, 0.6) is 0 Å². The number of carbonyl (C=O) groups excluding carboxylic acids is 1. The Balaban J connectivity index is 1.67. The molecule has 1 unspecified atom stereocenters. The van der Waals surface area contributed by atoms with Gasteiger partial charge >= 0.3 is 0 Å². The van der Waals surface area contributed by atoms with Crippen molar-refractivity contribution in [2.24, 2.45) is 0 Å². The van der Waals surface area contributed by atoms with Crippen molar-refractivity contribution in [3.05, 3.63) is 58.8 Å². The quantitative estimate of drug-likeness (QED) is 0.748.